The van der Waals surface area contributed by atoms with E-state index in [0.29, 0.717) is 12.5 Å². The molecule has 0 spiro atoms. The maximum atomic E-state index is 12.1. The fourth-order valence-corrected chi connectivity index (χ4v) is 3.34. The molecular formula is C19H26N2OS. The third-order valence-electron chi connectivity index (χ3n) is 3.93. The number of carbonyl (C=O) groups is 1. The van der Waals surface area contributed by atoms with Gasteiger partial charge in [-0.1, -0.05) is 44.2 Å². The molecule has 4 heteroatoms. The van der Waals surface area contributed by atoms with E-state index >= 15 is 0 Å². The summed E-state index contributed by atoms with van der Waals surface area (Å²) in [5, 5.41) is 8.41. The Kier molecular flexibility index (Phi) is 6.37. The zero-order valence-corrected chi connectivity index (χ0v) is 15.1. The summed E-state index contributed by atoms with van der Waals surface area (Å²) in [5.74, 6) is 0.555. The molecule has 2 aromatic rings. The van der Waals surface area contributed by atoms with Gasteiger partial charge in [-0.25, -0.2) is 0 Å². The maximum Gasteiger partial charge on any atom is 0.236 e. The molecule has 3 nitrogen and oxygen atoms in total. The monoisotopic (exact) mass is 330 g/mol. The van der Waals surface area contributed by atoms with E-state index in [0.717, 1.165) is 0 Å². The number of benzene rings is 1. The molecule has 0 bridgehead atoms. The van der Waals surface area contributed by atoms with Crippen LogP contribution in [0.4, 0.5) is 0 Å². The topological polar surface area (TPSA) is 41.1 Å². The minimum atomic E-state index is -0.244. The molecule has 2 rings (SSSR count). The van der Waals surface area contributed by atoms with Crippen molar-refractivity contribution in [1.29, 1.82) is 0 Å². The van der Waals surface area contributed by atoms with Gasteiger partial charge in [-0.2, -0.15) is 0 Å². The zero-order valence-electron chi connectivity index (χ0n) is 14.3. The van der Waals surface area contributed by atoms with E-state index in [4.69, 9.17) is 0 Å². The number of rotatable bonds is 7. The van der Waals surface area contributed by atoms with Gasteiger partial charge < -0.3 is 5.32 Å². The molecule has 0 unspecified atom stereocenters. The quantitative estimate of drug-likeness (QED) is 0.803. The van der Waals surface area contributed by atoms with Crippen LogP contribution in [0.3, 0.4) is 0 Å². The molecule has 0 aliphatic carbocycles. The molecule has 2 N–H and O–H groups in total. The lowest BCUT2D eigenvalue weighted by Gasteiger charge is -2.23. The van der Waals surface area contributed by atoms with Crippen molar-refractivity contribution in [3.05, 3.63) is 57.8 Å². The lowest BCUT2D eigenvalue weighted by atomic mass is 9.98. The maximum absolute atomic E-state index is 12.1. The number of nitrogens with one attached hydrogen (secondary N) is 2. The number of amides is 1. The van der Waals surface area contributed by atoms with E-state index in [9.17, 15) is 4.79 Å². The van der Waals surface area contributed by atoms with Crippen LogP contribution in [0.2, 0.25) is 0 Å². The molecule has 0 aliphatic rings. The SMILES string of the molecule is CCNC(=O)[C@H](C)N[C@H](c1ccc(C(C)C)cc1)c1cccs1. The van der Waals surface area contributed by atoms with Crippen LogP contribution in [0.1, 0.15) is 55.7 Å². The van der Waals surface area contributed by atoms with Gasteiger partial charge in [-0.05, 0) is 42.3 Å². The second-order valence-electron chi connectivity index (χ2n) is 6.05. The third-order valence-corrected chi connectivity index (χ3v) is 4.86. The number of hydrogen-bond acceptors (Lipinski definition) is 3. The first-order valence-corrected chi connectivity index (χ1v) is 9.08. The van der Waals surface area contributed by atoms with E-state index in [2.05, 4.69) is 60.2 Å². The fourth-order valence-electron chi connectivity index (χ4n) is 2.52. The standard InChI is InChI=1S/C19H26N2OS/c1-5-20-19(22)14(4)21-18(17-7-6-12-23-17)16-10-8-15(9-11-16)13(2)3/h6-14,18,21H,5H2,1-4H3,(H,20,22)/t14-,18+/m0/s1. The summed E-state index contributed by atoms with van der Waals surface area (Å²) in [6.45, 7) is 8.89. The second kappa shape index (κ2) is 8.27. The van der Waals surface area contributed by atoms with E-state index < -0.39 is 0 Å². The first-order valence-electron chi connectivity index (χ1n) is 8.20. The van der Waals surface area contributed by atoms with Gasteiger partial charge in [0, 0.05) is 11.4 Å². The predicted molar refractivity (Wildman–Crippen MR) is 98.0 cm³/mol. The van der Waals surface area contributed by atoms with Crippen LogP contribution in [-0.4, -0.2) is 18.5 Å². The van der Waals surface area contributed by atoms with Crippen LogP contribution in [0, 0.1) is 0 Å². The lowest BCUT2D eigenvalue weighted by Crippen LogP contribution is -2.43. The summed E-state index contributed by atoms with van der Waals surface area (Å²) in [4.78, 5) is 13.3. The fraction of sp³-hybridized carbons (Fsp3) is 0.421. The van der Waals surface area contributed by atoms with Crippen molar-refractivity contribution in [2.45, 2.75) is 45.7 Å². The van der Waals surface area contributed by atoms with E-state index in [1.807, 2.05) is 19.9 Å². The summed E-state index contributed by atoms with van der Waals surface area (Å²) in [6, 6.07) is 12.6. The Bertz CT molecular complexity index is 605. The van der Waals surface area contributed by atoms with E-state index in [-0.39, 0.29) is 18.0 Å². The van der Waals surface area contributed by atoms with E-state index in [1.165, 1.54) is 16.0 Å². The summed E-state index contributed by atoms with van der Waals surface area (Å²) >= 11 is 1.71. The summed E-state index contributed by atoms with van der Waals surface area (Å²) in [7, 11) is 0. The molecule has 0 saturated carbocycles. The highest BCUT2D eigenvalue weighted by atomic mass is 32.1. The number of carbonyl (C=O) groups excluding carboxylic acids is 1. The molecular weight excluding hydrogens is 304 g/mol. The van der Waals surface area contributed by atoms with Crippen LogP contribution < -0.4 is 10.6 Å². The number of thiophene rings is 1. The summed E-state index contributed by atoms with van der Waals surface area (Å²) in [5.41, 5.74) is 2.52. The van der Waals surface area contributed by atoms with Gasteiger partial charge in [0.15, 0.2) is 0 Å². The molecule has 1 heterocycles. The Balaban J connectivity index is 2.23. The Hall–Kier alpha value is -1.65. The molecule has 1 aromatic carbocycles. The third kappa shape index (κ3) is 4.66. The van der Waals surface area contributed by atoms with Crippen molar-refractivity contribution in [3.8, 4) is 0 Å². The molecule has 2 atom stereocenters. The second-order valence-corrected chi connectivity index (χ2v) is 7.03. The molecule has 124 valence electrons. The highest BCUT2D eigenvalue weighted by Gasteiger charge is 2.21. The molecule has 0 saturated heterocycles. The van der Waals surface area contributed by atoms with Crippen molar-refractivity contribution in [2.24, 2.45) is 0 Å². The largest absolute Gasteiger partial charge is 0.355 e. The van der Waals surface area contributed by atoms with Crippen molar-refractivity contribution in [1.82, 2.24) is 10.6 Å². The highest BCUT2D eigenvalue weighted by molar-refractivity contribution is 7.10. The number of likely N-dealkylation sites (N-methyl/N-ethyl adjacent to an activating group) is 1. The van der Waals surface area contributed by atoms with Gasteiger partial charge in [0.1, 0.15) is 0 Å². The Morgan fingerprint density at radius 3 is 2.26 bits per heavy atom. The Labute approximate surface area is 143 Å². The molecule has 0 fully saturated rings. The molecule has 0 aliphatic heterocycles. The molecule has 1 amide bonds. The van der Waals surface area contributed by atoms with Gasteiger partial charge in [0.25, 0.3) is 0 Å². The van der Waals surface area contributed by atoms with Crippen LogP contribution in [-0.2, 0) is 4.79 Å². The minimum absolute atomic E-state index is 0.0351. The molecule has 1 aromatic heterocycles. The van der Waals surface area contributed by atoms with Crippen molar-refractivity contribution >= 4 is 17.2 Å². The van der Waals surface area contributed by atoms with Crippen molar-refractivity contribution in [3.63, 3.8) is 0 Å². The van der Waals surface area contributed by atoms with Gasteiger partial charge in [-0.3, -0.25) is 10.1 Å². The van der Waals surface area contributed by atoms with Gasteiger partial charge >= 0.3 is 0 Å². The predicted octanol–water partition coefficient (Wildman–Crippen LogP) is 4.08. The minimum Gasteiger partial charge on any atom is -0.355 e. The lowest BCUT2D eigenvalue weighted by molar-refractivity contribution is -0.122. The van der Waals surface area contributed by atoms with E-state index in [1.54, 1.807) is 11.3 Å². The zero-order chi connectivity index (χ0) is 16.8. The van der Waals surface area contributed by atoms with Crippen LogP contribution in [0.25, 0.3) is 0 Å². The molecule has 23 heavy (non-hydrogen) atoms. The first kappa shape index (κ1) is 17.7. The summed E-state index contributed by atoms with van der Waals surface area (Å²) in [6.07, 6.45) is 0. The average Bonchev–Trinajstić information content (AvgIpc) is 3.06. The average molecular weight is 330 g/mol. The number of hydrogen-bond donors (Lipinski definition) is 2. The summed E-state index contributed by atoms with van der Waals surface area (Å²) < 4.78 is 0. The van der Waals surface area contributed by atoms with Crippen molar-refractivity contribution < 1.29 is 4.79 Å². The molecule has 0 radical (unpaired) electrons. The van der Waals surface area contributed by atoms with Crippen LogP contribution >= 0.6 is 11.3 Å². The highest BCUT2D eigenvalue weighted by Crippen LogP contribution is 2.27. The van der Waals surface area contributed by atoms with Crippen LogP contribution in [0.15, 0.2) is 41.8 Å². The van der Waals surface area contributed by atoms with Crippen LogP contribution in [0.5, 0.6) is 0 Å². The first-order chi connectivity index (χ1) is 11.0. The van der Waals surface area contributed by atoms with Crippen molar-refractivity contribution in [2.75, 3.05) is 6.54 Å². The smallest absolute Gasteiger partial charge is 0.236 e. The van der Waals surface area contributed by atoms with Gasteiger partial charge in [0.05, 0.1) is 12.1 Å². The Morgan fingerprint density at radius 2 is 1.74 bits per heavy atom. The Morgan fingerprint density at radius 1 is 1.09 bits per heavy atom. The van der Waals surface area contributed by atoms with Gasteiger partial charge in [-0.15, -0.1) is 11.3 Å². The normalized spacial score (nSPS) is 13.8. The van der Waals surface area contributed by atoms with Gasteiger partial charge in [0.2, 0.25) is 5.91 Å².